The molecule has 0 atom stereocenters. The lowest BCUT2D eigenvalue weighted by Crippen LogP contribution is -1.86. The number of aromatic nitrogens is 2. The first-order valence-corrected chi connectivity index (χ1v) is 6.26. The number of aryl methyl sites for hydroxylation is 1. The van der Waals surface area contributed by atoms with Crippen LogP contribution in [0.25, 0.3) is 0 Å². The van der Waals surface area contributed by atoms with Crippen molar-refractivity contribution in [2.24, 2.45) is 0 Å². The van der Waals surface area contributed by atoms with Crippen LogP contribution in [0, 0.1) is 6.92 Å². The van der Waals surface area contributed by atoms with Gasteiger partial charge in [-0.05, 0) is 12.5 Å². The van der Waals surface area contributed by atoms with E-state index in [1.54, 1.807) is 18.0 Å². The van der Waals surface area contributed by atoms with Crippen molar-refractivity contribution in [2.75, 3.05) is 0 Å². The smallest absolute Gasteiger partial charge is 0.148 e. The van der Waals surface area contributed by atoms with Crippen molar-refractivity contribution in [1.82, 2.24) is 9.97 Å². The summed E-state index contributed by atoms with van der Waals surface area (Å²) >= 11 is 7.40. The topological polar surface area (TPSA) is 25.8 Å². The number of thioether (sulfide) groups is 1. The van der Waals surface area contributed by atoms with E-state index in [0.717, 1.165) is 10.8 Å². The largest absolute Gasteiger partial charge is 0.259 e. The van der Waals surface area contributed by atoms with Crippen molar-refractivity contribution in [2.45, 2.75) is 17.7 Å². The van der Waals surface area contributed by atoms with Crippen molar-refractivity contribution in [1.29, 1.82) is 0 Å². The van der Waals surface area contributed by atoms with Crippen LogP contribution < -0.4 is 0 Å². The van der Waals surface area contributed by atoms with Crippen LogP contribution >= 0.6 is 23.4 Å². The zero-order chi connectivity index (χ0) is 11.4. The molecule has 0 N–H and O–H groups in total. The van der Waals surface area contributed by atoms with E-state index in [0.29, 0.717) is 5.15 Å². The SMILES string of the molecule is Cc1cccc(CSc2cncc(Cl)n2)c1. The van der Waals surface area contributed by atoms with Crippen LogP contribution in [0.2, 0.25) is 5.15 Å². The molecule has 0 aliphatic rings. The summed E-state index contributed by atoms with van der Waals surface area (Å²) in [5, 5.41) is 1.29. The average Bonchev–Trinajstić information content (AvgIpc) is 2.27. The molecule has 1 aromatic carbocycles. The van der Waals surface area contributed by atoms with E-state index in [1.165, 1.54) is 17.3 Å². The first-order valence-electron chi connectivity index (χ1n) is 4.90. The van der Waals surface area contributed by atoms with E-state index in [-0.39, 0.29) is 0 Å². The normalized spacial score (nSPS) is 10.4. The third-order valence-electron chi connectivity index (χ3n) is 2.05. The fourth-order valence-corrected chi connectivity index (χ4v) is 2.34. The highest BCUT2D eigenvalue weighted by Crippen LogP contribution is 2.21. The van der Waals surface area contributed by atoms with E-state index in [4.69, 9.17) is 11.6 Å². The standard InChI is InChI=1S/C12H11ClN2S/c1-9-3-2-4-10(5-9)8-16-12-7-14-6-11(13)15-12/h2-7H,8H2,1H3. The molecule has 2 aromatic rings. The predicted octanol–water partition coefficient (Wildman–Crippen LogP) is 3.73. The lowest BCUT2D eigenvalue weighted by Gasteiger charge is -2.02. The summed E-state index contributed by atoms with van der Waals surface area (Å²) in [6.07, 6.45) is 3.27. The molecule has 0 amide bonds. The molecule has 2 rings (SSSR count). The van der Waals surface area contributed by atoms with Crippen LogP contribution in [0.1, 0.15) is 11.1 Å². The highest BCUT2D eigenvalue weighted by molar-refractivity contribution is 7.98. The van der Waals surface area contributed by atoms with Crippen LogP contribution in [0.3, 0.4) is 0 Å². The molecule has 0 aliphatic carbocycles. The fourth-order valence-electron chi connectivity index (χ4n) is 1.35. The Labute approximate surface area is 104 Å². The molecule has 4 heteroatoms. The fraction of sp³-hybridized carbons (Fsp3) is 0.167. The first-order chi connectivity index (χ1) is 7.74. The maximum Gasteiger partial charge on any atom is 0.148 e. The van der Waals surface area contributed by atoms with Crippen molar-refractivity contribution < 1.29 is 0 Å². The summed E-state index contributed by atoms with van der Waals surface area (Å²) in [4.78, 5) is 8.18. The van der Waals surface area contributed by atoms with Crippen LogP contribution in [-0.4, -0.2) is 9.97 Å². The van der Waals surface area contributed by atoms with Crippen LogP contribution in [0.5, 0.6) is 0 Å². The van der Waals surface area contributed by atoms with Crippen molar-refractivity contribution in [3.63, 3.8) is 0 Å². The molecular weight excluding hydrogens is 240 g/mol. The number of benzene rings is 1. The summed E-state index contributed by atoms with van der Waals surface area (Å²) in [7, 11) is 0. The van der Waals surface area contributed by atoms with Gasteiger partial charge in [0.1, 0.15) is 10.2 Å². The number of rotatable bonds is 3. The second kappa shape index (κ2) is 5.32. The minimum absolute atomic E-state index is 0.439. The molecule has 16 heavy (non-hydrogen) atoms. The number of hydrogen-bond donors (Lipinski definition) is 0. The molecule has 0 fully saturated rings. The monoisotopic (exact) mass is 250 g/mol. The maximum absolute atomic E-state index is 5.76. The quantitative estimate of drug-likeness (QED) is 0.777. The van der Waals surface area contributed by atoms with Crippen LogP contribution in [0.4, 0.5) is 0 Å². The lowest BCUT2D eigenvalue weighted by molar-refractivity contribution is 1.05. The lowest BCUT2D eigenvalue weighted by atomic mass is 10.2. The van der Waals surface area contributed by atoms with Gasteiger partial charge in [-0.25, -0.2) is 4.98 Å². The highest BCUT2D eigenvalue weighted by atomic mass is 35.5. The van der Waals surface area contributed by atoms with Crippen molar-refractivity contribution in [3.8, 4) is 0 Å². The average molecular weight is 251 g/mol. The molecule has 0 radical (unpaired) electrons. The Bertz CT molecular complexity index is 442. The summed E-state index contributed by atoms with van der Waals surface area (Å²) in [6.45, 7) is 2.09. The number of nitrogens with zero attached hydrogens (tertiary/aromatic N) is 2. The Morgan fingerprint density at radius 2 is 2.19 bits per heavy atom. The molecule has 0 bridgehead atoms. The Morgan fingerprint density at radius 3 is 2.94 bits per heavy atom. The Morgan fingerprint density at radius 1 is 1.31 bits per heavy atom. The van der Waals surface area contributed by atoms with E-state index in [9.17, 15) is 0 Å². The van der Waals surface area contributed by atoms with Crippen LogP contribution in [0.15, 0.2) is 41.7 Å². The molecule has 0 aliphatic heterocycles. The van der Waals surface area contributed by atoms with Gasteiger partial charge in [-0.15, -0.1) is 11.8 Å². The molecule has 0 saturated heterocycles. The minimum atomic E-state index is 0.439. The van der Waals surface area contributed by atoms with Crippen molar-refractivity contribution in [3.05, 3.63) is 52.9 Å². The summed E-state index contributed by atoms with van der Waals surface area (Å²) in [5.74, 6) is 0.886. The van der Waals surface area contributed by atoms with E-state index in [1.807, 2.05) is 0 Å². The Balaban J connectivity index is 2.02. The van der Waals surface area contributed by atoms with Crippen molar-refractivity contribution >= 4 is 23.4 Å². The summed E-state index contributed by atoms with van der Waals surface area (Å²) in [5.41, 5.74) is 2.56. The molecule has 0 unspecified atom stereocenters. The Hall–Kier alpha value is -1.06. The van der Waals surface area contributed by atoms with Gasteiger partial charge >= 0.3 is 0 Å². The third kappa shape index (κ3) is 3.22. The number of hydrogen-bond acceptors (Lipinski definition) is 3. The van der Waals surface area contributed by atoms with E-state index < -0.39 is 0 Å². The molecule has 1 heterocycles. The van der Waals surface area contributed by atoms with E-state index in [2.05, 4.69) is 41.2 Å². The first kappa shape index (κ1) is 11.4. The van der Waals surface area contributed by atoms with Gasteiger partial charge in [0.25, 0.3) is 0 Å². The van der Waals surface area contributed by atoms with Gasteiger partial charge in [0.15, 0.2) is 0 Å². The van der Waals surface area contributed by atoms with Crippen LogP contribution in [-0.2, 0) is 5.75 Å². The van der Waals surface area contributed by atoms with Gasteiger partial charge in [0.2, 0.25) is 0 Å². The molecule has 1 aromatic heterocycles. The molecule has 0 spiro atoms. The van der Waals surface area contributed by atoms with Gasteiger partial charge in [-0.2, -0.15) is 0 Å². The third-order valence-corrected chi connectivity index (χ3v) is 3.20. The van der Waals surface area contributed by atoms with Gasteiger partial charge in [0.05, 0.1) is 12.4 Å². The minimum Gasteiger partial charge on any atom is -0.259 e. The van der Waals surface area contributed by atoms with E-state index >= 15 is 0 Å². The second-order valence-corrected chi connectivity index (χ2v) is 4.84. The predicted molar refractivity (Wildman–Crippen MR) is 67.8 cm³/mol. The summed E-state index contributed by atoms with van der Waals surface area (Å²) in [6, 6.07) is 8.44. The molecule has 2 nitrogen and oxygen atoms in total. The maximum atomic E-state index is 5.76. The molecule has 82 valence electrons. The molecular formula is C12H11ClN2S. The zero-order valence-corrected chi connectivity index (χ0v) is 10.4. The van der Waals surface area contributed by atoms with Gasteiger partial charge in [0, 0.05) is 5.75 Å². The van der Waals surface area contributed by atoms with Gasteiger partial charge < -0.3 is 0 Å². The summed E-state index contributed by atoms with van der Waals surface area (Å²) < 4.78 is 0. The highest BCUT2D eigenvalue weighted by Gasteiger charge is 1.99. The zero-order valence-electron chi connectivity index (χ0n) is 8.85. The molecule has 0 saturated carbocycles. The second-order valence-electron chi connectivity index (χ2n) is 3.46. The Kier molecular flexibility index (Phi) is 3.80. The van der Waals surface area contributed by atoms with Gasteiger partial charge in [-0.1, -0.05) is 41.4 Å². The number of halogens is 1. The van der Waals surface area contributed by atoms with Gasteiger partial charge in [-0.3, -0.25) is 4.98 Å².